The smallest absolute Gasteiger partial charge is 0.418 e. The highest BCUT2D eigenvalue weighted by Gasteiger charge is 2.34. The number of phenols is 1. The third-order valence-electron chi connectivity index (χ3n) is 1.32. The average molecular weight is 215 g/mol. The summed E-state index contributed by atoms with van der Waals surface area (Å²) in [6.07, 6.45) is -4.77. The first-order valence-electron chi connectivity index (χ1n) is 3.07. The fourth-order valence-electron chi connectivity index (χ4n) is 0.781. The lowest BCUT2D eigenvalue weighted by atomic mass is 10.2. The predicted molar refractivity (Wildman–Crippen MR) is 38.1 cm³/mol. The molecular formula is C7H3ClF4O. The largest absolute Gasteiger partial charge is 0.508 e. The zero-order valence-corrected chi connectivity index (χ0v) is 6.75. The van der Waals surface area contributed by atoms with E-state index < -0.39 is 28.3 Å². The fraction of sp³-hybridized carbons (Fsp3) is 0.143. The quantitative estimate of drug-likeness (QED) is 0.658. The van der Waals surface area contributed by atoms with E-state index in [1.165, 1.54) is 0 Å². The minimum absolute atomic E-state index is 0.366. The van der Waals surface area contributed by atoms with E-state index in [0.717, 1.165) is 0 Å². The van der Waals surface area contributed by atoms with Gasteiger partial charge in [-0.3, -0.25) is 0 Å². The van der Waals surface area contributed by atoms with Gasteiger partial charge < -0.3 is 5.11 Å². The van der Waals surface area contributed by atoms with E-state index >= 15 is 0 Å². The summed E-state index contributed by atoms with van der Waals surface area (Å²) in [5.41, 5.74) is -1.38. The topological polar surface area (TPSA) is 20.2 Å². The van der Waals surface area contributed by atoms with Gasteiger partial charge in [-0.15, -0.1) is 0 Å². The van der Waals surface area contributed by atoms with Gasteiger partial charge in [0.1, 0.15) is 11.6 Å². The van der Waals surface area contributed by atoms with Crippen LogP contribution in [0.15, 0.2) is 12.1 Å². The minimum atomic E-state index is -4.77. The molecule has 0 fully saturated rings. The lowest BCUT2D eigenvalue weighted by Crippen LogP contribution is -2.06. The maximum Gasteiger partial charge on any atom is 0.418 e. The lowest BCUT2D eigenvalue weighted by Gasteiger charge is -2.09. The summed E-state index contributed by atoms with van der Waals surface area (Å²) in [5.74, 6) is -2.11. The molecule has 0 atom stereocenters. The van der Waals surface area contributed by atoms with Gasteiger partial charge in [0.05, 0.1) is 10.6 Å². The molecule has 0 saturated carbocycles. The molecule has 1 aromatic rings. The Hall–Kier alpha value is -0.970. The molecule has 0 bridgehead atoms. The Morgan fingerprint density at radius 1 is 1.23 bits per heavy atom. The Kier molecular flexibility index (Phi) is 2.38. The van der Waals surface area contributed by atoms with E-state index in [4.69, 9.17) is 16.7 Å². The Bertz CT molecular complexity index is 334. The van der Waals surface area contributed by atoms with Crippen molar-refractivity contribution in [1.82, 2.24) is 0 Å². The molecule has 1 aromatic carbocycles. The molecule has 0 heterocycles. The number of benzene rings is 1. The summed E-state index contributed by atoms with van der Waals surface area (Å²) >= 11 is 5.04. The number of rotatable bonds is 0. The van der Waals surface area contributed by atoms with Gasteiger partial charge in [-0.1, -0.05) is 11.6 Å². The number of phenolic OH excluding ortho intramolecular Hbond substituents is 1. The molecule has 0 spiro atoms. The zero-order valence-electron chi connectivity index (χ0n) is 5.99. The van der Waals surface area contributed by atoms with Crippen LogP contribution in [-0.2, 0) is 6.18 Å². The van der Waals surface area contributed by atoms with Crippen LogP contribution in [0.3, 0.4) is 0 Å². The molecule has 1 N–H and O–H groups in total. The van der Waals surface area contributed by atoms with Crippen molar-refractivity contribution in [2.75, 3.05) is 0 Å². The maximum absolute atomic E-state index is 12.6. The van der Waals surface area contributed by atoms with Crippen LogP contribution in [0, 0.1) is 5.82 Å². The van der Waals surface area contributed by atoms with Crippen molar-refractivity contribution in [2.24, 2.45) is 0 Å². The highest BCUT2D eigenvalue weighted by atomic mass is 35.5. The maximum atomic E-state index is 12.6. The number of alkyl halides is 3. The molecule has 1 rings (SSSR count). The van der Waals surface area contributed by atoms with E-state index in [0.29, 0.717) is 12.1 Å². The monoisotopic (exact) mass is 214 g/mol. The van der Waals surface area contributed by atoms with E-state index in [2.05, 4.69) is 0 Å². The molecule has 0 saturated heterocycles. The molecule has 13 heavy (non-hydrogen) atoms. The molecule has 0 aromatic heterocycles. The number of hydrogen-bond acceptors (Lipinski definition) is 1. The minimum Gasteiger partial charge on any atom is -0.508 e. The zero-order chi connectivity index (χ0) is 10.2. The second-order valence-corrected chi connectivity index (χ2v) is 2.66. The van der Waals surface area contributed by atoms with Crippen molar-refractivity contribution >= 4 is 11.6 Å². The standard InChI is InChI=1S/C7H3ClF4O/c8-6-4(7(10,11)12)1-3(13)2-5(6)9/h1-2,13H. The summed E-state index contributed by atoms with van der Waals surface area (Å²) in [6.45, 7) is 0. The van der Waals surface area contributed by atoms with E-state index in [-0.39, 0.29) is 0 Å². The first kappa shape index (κ1) is 10.1. The first-order chi connectivity index (χ1) is 5.82. The second kappa shape index (κ2) is 3.06. The van der Waals surface area contributed by atoms with Crippen molar-refractivity contribution in [3.63, 3.8) is 0 Å². The van der Waals surface area contributed by atoms with Crippen molar-refractivity contribution in [3.05, 3.63) is 28.5 Å². The molecule has 6 heteroatoms. The molecule has 0 aliphatic heterocycles. The van der Waals surface area contributed by atoms with Gasteiger partial charge in [0.2, 0.25) is 0 Å². The number of hydrogen-bond donors (Lipinski definition) is 1. The van der Waals surface area contributed by atoms with E-state index in [1.54, 1.807) is 0 Å². The van der Waals surface area contributed by atoms with Crippen molar-refractivity contribution in [1.29, 1.82) is 0 Å². The molecular weight excluding hydrogens is 212 g/mol. The molecule has 72 valence electrons. The molecule has 0 radical (unpaired) electrons. The molecule has 0 unspecified atom stereocenters. The molecule has 0 aliphatic carbocycles. The highest BCUT2D eigenvalue weighted by molar-refractivity contribution is 6.31. The Morgan fingerprint density at radius 3 is 2.23 bits per heavy atom. The Morgan fingerprint density at radius 2 is 1.77 bits per heavy atom. The van der Waals surface area contributed by atoms with Crippen LogP contribution in [-0.4, -0.2) is 5.11 Å². The van der Waals surface area contributed by atoms with Crippen LogP contribution >= 0.6 is 11.6 Å². The Labute approximate surface area is 75.6 Å². The SMILES string of the molecule is Oc1cc(F)c(Cl)c(C(F)(F)F)c1. The summed E-state index contributed by atoms with van der Waals surface area (Å²) in [5, 5.41) is 7.65. The summed E-state index contributed by atoms with van der Waals surface area (Å²) in [7, 11) is 0. The van der Waals surface area contributed by atoms with Crippen LogP contribution in [0.25, 0.3) is 0 Å². The molecule has 1 nitrogen and oxygen atoms in total. The van der Waals surface area contributed by atoms with Gasteiger partial charge in [0.15, 0.2) is 0 Å². The Balaban J connectivity index is 3.37. The summed E-state index contributed by atoms with van der Waals surface area (Å²) < 4.78 is 48.7. The van der Waals surface area contributed by atoms with Crippen molar-refractivity contribution in [3.8, 4) is 5.75 Å². The lowest BCUT2D eigenvalue weighted by molar-refractivity contribution is -0.137. The predicted octanol–water partition coefficient (Wildman–Crippen LogP) is 3.20. The van der Waals surface area contributed by atoms with E-state index in [1.807, 2.05) is 0 Å². The number of aromatic hydroxyl groups is 1. The van der Waals surface area contributed by atoms with Crippen LogP contribution in [0.2, 0.25) is 5.02 Å². The van der Waals surface area contributed by atoms with Gasteiger partial charge in [-0.2, -0.15) is 13.2 Å². The van der Waals surface area contributed by atoms with Crippen LogP contribution in [0.5, 0.6) is 5.75 Å². The van der Waals surface area contributed by atoms with Crippen molar-refractivity contribution in [2.45, 2.75) is 6.18 Å². The van der Waals surface area contributed by atoms with Crippen molar-refractivity contribution < 1.29 is 22.7 Å². The third-order valence-corrected chi connectivity index (χ3v) is 1.70. The van der Waals surface area contributed by atoms with Gasteiger partial charge in [-0.25, -0.2) is 4.39 Å². The molecule has 0 amide bonds. The van der Waals surface area contributed by atoms with Gasteiger partial charge >= 0.3 is 6.18 Å². The van der Waals surface area contributed by atoms with Gasteiger partial charge in [0, 0.05) is 6.07 Å². The second-order valence-electron chi connectivity index (χ2n) is 2.29. The van der Waals surface area contributed by atoms with Crippen LogP contribution in [0.4, 0.5) is 17.6 Å². The van der Waals surface area contributed by atoms with E-state index in [9.17, 15) is 17.6 Å². The average Bonchev–Trinajstić information content (AvgIpc) is 1.94. The molecule has 0 aliphatic rings. The van der Waals surface area contributed by atoms with Crippen LogP contribution < -0.4 is 0 Å². The summed E-state index contributed by atoms with van der Waals surface area (Å²) in [4.78, 5) is 0. The normalized spacial score (nSPS) is 11.8. The highest BCUT2D eigenvalue weighted by Crippen LogP contribution is 2.37. The fourth-order valence-corrected chi connectivity index (χ4v) is 0.997. The van der Waals surface area contributed by atoms with Gasteiger partial charge in [-0.05, 0) is 6.07 Å². The third kappa shape index (κ3) is 2.03. The first-order valence-corrected chi connectivity index (χ1v) is 3.45. The summed E-state index contributed by atoms with van der Waals surface area (Å²) in [6, 6.07) is 0.878. The van der Waals surface area contributed by atoms with Crippen LogP contribution in [0.1, 0.15) is 5.56 Å². The number of halogens is 5. The van der Waals surface area contributed by atoms with Gasteiger partial charge in [0.25, 0.3) is 0 Å².